The zero-order valence-corrected chi connectivity index (χ0v) is 46.1. The molecule has 8 heterocycles. The molecule has 0 bridgehead atoms. The molecular weight excluding hydrogens is 1060 g/mol. The van der Waals surface area contributed by atoms with Crippen LogP contribution in [0.5, 0.6) is 0 Å². The van der Waals surface area contributed by atoms with Crippen molar-refractivity contribution in [1.82, 2.24) is 59.5 Å². The lowest BCUT2D eigenvalue weighted by molar-refractivity contribution is 0.800. The maximum atomic E-state index is 6.03. The molecule has 0 amide bonds. The minimum Gasteiger partial charge on any atom is -0.384 e. The van der Waals surface area contributed by atoms with Crippen LogP contribution in [0.1, 0.15) is 0 Å². The second kappa shape index (κ2) is 21.7. The molecule has 0 aliphatic heterocycles. The quantitative estimate of drug-likeness (QED) is 0.164. The van der Waals surface area contributed by atoms with E-state index < -0.39 is 0 Å². The van der Waals surface area contributed by atoms with Crippen LogP contribution in [0.2, 0.25) is 10.3 Å². The summed E-state index contributed by atoms with van der Waals surface area (Å²) in [6.45, 7) is 0. The standard InChI is InChI=1S/C17H12ClN3.C17H14N4.C17H13N3.C16H10ClN3/c2*1-21-14-8-9-15(18)19-17(14)16(20-21)13-7-6-11-4-2-3-5-12(11)10-13;1-20-15-7-4-10-18-17(15)16(19-20)14-9-8-12-5-2-3-6-13(12)11-14;17-14-8-7-13-16(18-14)15(20-19-13)12-6-5-10-3-1-2-4-11(10)9-12/h2-10H,1H3;2-10H,1H3,(H2,18,19);2-11H,1H3;1-9H,(H,19,20). The van der Waals surface area contributed by atoms with Crippen molar-refractivity contribution < 1.29 is 0 Å². The molecule has 0 atom stereocenters. The smallest absolute Gasteiger partial charge is 0.130 e. The van der Waals surface area contributed by atoms with Crippen LogP contribution < -0.4 is 5.73 Å². The molecule has 8 aromatic carbocycles. The fourth-order valence-electron chi connectivity index (χ4n) is 10.4. The number of aryl methyl sites for hydroxylation is 3. The summed E-state index contributed by atoms with van der Waals surface area (Å²) < 4.78 is 5.56. The van der Waals surface area contributed by atoms with Gasteiger partial charge in [-0.2, -0.15) is 20.4 Å². The number of hydrogen-bond donors (Lipinski definition) is 2. The van der Waals surface area contributed by atoms with Crippen molar-refractivity contribution in [2.45, 2.75) is 0 Å². The lowest BCUT2D eigenvalue weighted by atomic mass is 10.0. The third-order valence-electron chi connectivity index (χ3n) is 14.5. The van der Waals surface area contributed by atoms with E-state index in [4.69, 9.17) is 28.9 Å². The molecule has 0 saturated heterocycles. The first-order valence-corrected chi connectivity index (χ1v) is 27.2. The van der Waals surface area contributed by atoms with Gasteiger partial charge in [-0.3, -0.25) is 24.1 Å². The molecule has 0 aliphatic rings. The van der Waals surface area contributed by atoms with Crippen LogP contribution in [0.3, 0.4) is 0 Å². The van der Waals surface area contributed by atoms with Crippen molar-refractivity contribution in [2.75, 3.05) is 5.73 Å². The summed E-state index contributed by atoms with van der Waals surface area (Å²) in [4.78, 5) is 17.7. The van der Waals surface area contributed by atoms with Gasteiger partial charge < -0.3 is 5.73 Å². The number of nitrogens with zero attached hydrogens (tertiary/aromatic N) is 11. The topological polar surface area (TPSA) is 160 Å². The summed E-state index contributed by atoms with van der Waals surface area (Å²) in [6.07, 6.45) is 1.81. The highest BCUT2D eigenvalue weighted by Gasteiger charge is 2.16. The summed E-state index contributed by atoms with van der Waals surface area (Å²) >= 11 is 12.0. The molecule has 0 aliphatic carbocycles. The Labute approximate surface area is 479 Å². The number of benzene rings is 8. The largest absolute Gasteiger partial charge is 0.384 e. The minimum absolute atomic E-state index is 0.473. The molecule has 3 N–H and O–H groups in total. The molecule has 396 valence electrons. The fraction of sp³-hybridized carbons (Fsp3) is 0.0448. The van der Waals surface area contributed by atoms with Crippen LogP contribution in [0.4, 0.5) is 5.82 Å². The van der Waals surface area contributed by atoms with Crippen LogP contribution >= 0.6 is 23.2 Å². The first-order valence-electron chi connectivity index (χ1n) is 26.4. The van der Waals surface area contributed by atoms with E-state index in [-0.39, 0.29) is 0 Å². The van der Waals surface area contributed by atoms with Gasteiger partial charge in [0.05, 0.1) is 22.1 Å². The number of pyridine rings is 4. The molecule has 15 heteroatoms. The average molecular weight is 1110 g/mol. The number of aromatic nitrogens is 12. The maximum Gasteiger partial charge on any atom is 0.130 e. The van der Waals surface area contributed by atoms with Crippen molar-refractivity contribution in [3.63, 3.8) is 0 Å². The van der Waals surface area contributed by atoms with Gasteiger partial charge in [0, 0.05) is 49.6 Å². The van der Waals surface area contributed by atoms with Crippen LogP contribution in [-0.4, -0.2) is 59.5 Å². The third-order valence-corrected chi connectivity index (χ3v) is 14.9. The van der Waals surface area contributed by atoms with E-state index in [1.54, 1.807) is 18.2 Å². The number of fused-ring (bicyclic) bond motifs is 8. The summed E-state index contributed by atoms with van der Waals surface area (Å²) in [5, 5.41) is 31.8. The summed E-state index contributed by atoms with van der Waals surface area (Å²) in [5.41, 5.74) is 20.9. The lowest BCUT2D eigenvalue weighted by Gasteiger charge is -2.01. The SMILES string of the molecule is Clc1ccc2[nH]nc(-c3ccc4ccccc4c3)c2n1.Cn1nc(-c2ccc3ccccc3c2)c2nc(Cl)ccc21.Cn1nc(-c2ccc3ccccc3c2)c2nc(N)ccc21.Cn1nc(-c2ccc3ccccc3c2)c2ncccc21. The monoisotopic (exact) mass is 1110 g/mol. The Morgan fingerprint density at radius 3 is 1.21 bits per heavy atom. The number of aromatic amines is 1. The lowest BCUT2D eigenvalue weighted by Crippen LogP contribution is -1.91. The normalized spacial score (nSPS) is 11.3. The Morgan fingerprint density at radius 2 is 0.732 bits per heavy atom. The third kappa shape index (κ3) is 10.1. The number of nitrogens with one attached hydrogen (secondary N) is 1. The number of halogens is 2. The molecule has 16 aromatic rings. The Hall–Kier alpha value is -10.3. The Bertz CT molecular complexity index is 4900. The van der Waals surface area contributed by atoms with Gasteiger partial charge in [-0.1, -0.05) is 169 Å². The molecule has 0 saturated carbocycles. The van der Waals surface area contributed by atoms with E-state index in [0.29, 0.717) is 16.1 Å². The molecule has 0 radical (unpaired) electrons. The van der Waals surface area contributed by atoms with Gasteiger partial charge in [-0.15, -0.1) is 0 Å². The number of H-pyrrole nitrogens is 1. The minimum atomic E-state index is 0.473. The van der Waals surface area contributed by atoms with E-state index >= 15 is 0 Å². The van der Waals surface area contributed by atoms with Gasteiger partial charge in [-0.05, 0) is 116 Å². The molecular formula is C67H49Cl2N13. The molecule has 8 aromatic heterocycles. The molecule has 0 fully saturated rings. The van der Waals surface area contributed by atoms with Gasteiger partial charge in [0.25, 0.3) is 0 Å². The van der Waals surface area contributed by atoms with E-state index in [0.717, 1.165) is 89.2 Å². The van der Waals surface area contributed by atoms with Gasteiger partial charge in [0.1, 0.15) is 61.0 Å². The van der Waals surface area contributed by atoms with Crippen LogP contribution in [0, 0.1) is 0 Å². The maximum absolute atomic E-state index is 6.03. The fourth-order valence-corrected chi connectivity index (χ4v) is 10.7. The first-order chi connectivity index (χ1) is 40.1. The predicted molar refractivity (Wildman–Crippen MR) is 336 cm³/mol. The summed E-state index contributed by atoms with van der Waals surface area (Å²) in [6, 6.07) is 73.6. The Kier molecular flexibility index (Phi) is 13.5. The van der Waals surface area contributed by atoms with E-state index in [9.17, 15) is 0 Å². The van der Waals surface area contributed by atoms with Gasteiger partial charge in [0.2, 0.25) is 0 Å². The molecule has 82 heavy (non-hydrogen) atoms. The highest BCUT2D eigenvalue weighted by Crippen LogP contribution is 2.33. The number of nitrogen functional groups attached to an aromatic ring is 1. The van der Waals surface area contributed by atoms with Gasteiger partial charge in [0.15, 0.2) is 0 Å². The molecule has 0 spiro atoms. The van der Waals surface area contributed by atoms with E-state index in [1.165, 1.54) is 43.1 Å². The molecule has 0 unspecified atom stereocenters. The van der Waals surface area contributed by atoms with Crippen LogP contribution in [0.25, 0.3) is 132 Å². The van der Waals surface area contributed by atoms with Crippen molar-refractivity contribution >= 4 is 116 Å². The van der Waals surface area contributed by atoms with Crippen molar-refractivity contribution in [1.29, 1.82) is 0 Å². The Morgan fingerprint density at radius 1 is 0.354 bits per heavy atom. The second-order valence-electron chi connectivity index (χ2n) is 19.7. The van der Waals surface area contributed by atoms with Crippen molar-refractivity contribution in [3.8, 4) is 45.0 Å². The van der Waals surface area contributed by atoms with Crippen molar-refractivity contribution in [3.05, 3.63) is 235 Å². The first kappa shape index (κ1) is 51.1. The molecule has 13 nitrogen and oxygen atoms in total. The predicted octanol–water partition coefficient (Wildman–Crippen LogP) is 16.0. The van der Waals surface area contributed by atoms with Gasteiger partial charge in [-0.25, -0.2) is 15.0 Å². The summed E-state index contributed by atoms with van der Waals surface area (Å²) in [5.74, 6) is 0.512. The second-order valence-corrected chi connectivity index (χ2v) is 20.5. The molecule has 16 rings (SSSR count). The Balaban J connectivity index is 0.000000103. The highest BCUT2D eigenvalue weighted by atomic mass is 35.5. The van der Waals surface area contributed by atoms with E-state index in [1.807, 2.05) is 108 Å². The van der Waals surface area contributed by atoms with Crippen LogP contribution in [-0.2, 0) is 21.1 Å². The zero-order valence-electron chi connectivity index (χ0n) is 44.6. The number of anilines is 1. The highest BCUT2D eigenvalue weighted by molar-refractivity contribution is 6.30. The van der Waals surface area contributed by atoms with Gasteiger partial charge >= 0.3 is 0 Å². The average Bonchev–Trinajstić information content (AvgIpc) is 4.47. The van der Waals surface area contributed by atoms with E-state index in [2.05, 4.69) is 179 Å². The number of nitrogens with two attached hydrogens (primary N) is 1. The van der Waals surface area contributed by atoms with Crippen molar-refractivity contribution in [2.24, 2.45) is 21.1 Å². The van der Waals surface area contributed by atoms with Crippen LogP contribution in [0.15, 0.2) is 225 Å². The number of rotatable bonds is 4. The number of hydrogen-bond acceptors (Lipinski definition) is 9. The zero-order chi connectivity index (χ0) is 55.8. The summed E-state index contributed by atoms with van der Waals surface area (Å²) in [7, 11) is 5.79.